The van der Waals surface area contributed by atoms with Gasteiger partial charge in [0.2, 0.25) is 0 Å². The Hall–Kier alpha value is -2.98. The van der Waals surface area contributed by atoms with Gasteiger partial charge in [-0.25, -0.2) is 4.79 Å². The Bertz CT molecular complexity index is 937. The molecule has 132 valence electrons. The highest BCUT2D eigenvalue weighted by Crippen LogP contribution is 2.29. The summed E-state index contributed by atoms with van der Waals surface area (Å²) in [6.45, 7) is 0.235. The van der Waals surface area contributed by atoms with E-state index in [9.17, 15) is 9.90 Å². The number of methoxy groups -OCH3 is 1. The highest BCUT2D eigenvalue weighted by molar-refractivity contribution is 6.30. The summed E-state index contributed by atoms with van der Waals surface area (Å²) in [7, 11) is 1.59. The first-order valence-corrected chi connectivity index (χ1v) is 8.33. The number of aromatic carboxylic acids is 1. The third-order valence-electron chi connectivity index (χ3n) is 3.90. The molecule has 0 saturated heterocycles. The maximum absolute atomic E-state index is 11.7. The minimum atomic E-state index is -1.05. The zero-order chi connectivity index (χ0) is 18.5. The summed E-state index contributed by atoms with van der Waals surface area (Å²) in [5.74, 6) is -0.0272. The van der Waals surface area contributed by atoms with E-state index >= 15 is 0 Å². The van der Waals surface area contributed by atoms with Crippen LogP contribution in [-0.4, -0.2) is 18.2 Å². The fraction of sp³-hybridized carbons (Fsp3) is 0.0952. The average molecular weight is 369 g/mol. The molecule has 0 aliphatic rings. The van der Waals surface area contributed by atoms with Crippen molar-refractivity contribution in [3.8, 4) is 22.6 Å². The molecule has 4 nitrogen and oxygen atoms in total. The first-order valence-electron chi connectivity index (χ1n) is 7.96. The zero-order valence-corrected chi connectivity index (χ0v) is 14.9. The quantitative estimate of drug-likeness (QED) is 0.642. The normalized spacial score (nSPS) is 10.4. The second kappa shape index (κ2) is 7.93. The van der Waals surface area contributed by atoms with Crippen LogP contribution in [0.2, 0.25) is 5.02 Å². The largest absolute Gasteiger partial charge is 0.497 e. The van der Waals surface area contributed by atoms with Crippen molar-refractivity contribution in [2.75, 3.05) is 7.11 Å². The first kappa shape index (κ1) is 17.8. The minimum Gasteiger partial charge on any atom is -0.497 e. The van der Waals surface area contributed by atoms with Gasteiger partial charge in [0, 0.05) is 5.02 Å². The Balaban J connectivity index is 1.88. The molecule has 0 bridgehead atoms. The van der Waals surface area contributed by atoms with Crippen LogP contribution in [0.25, 0.3) is 11.1 Å². The molecule has 0 spiro atoms. The number of benzene rings is 3. The standard InChI is InChI=1S/C21H17ClO4/c1-25-18-7-3-5-15(11-18)16-8-9-20(19(12-16)21(23)24)26-13-14-4-2-6-17(22)10-14/h2-12H,13H2,1H3,(H,23,24). The molecular formula is C21H17ClO4. The predicted molar refractivity (Wildman–Crippen MR) is 101 cm³/mol. The maximum atomic E-state index is 11.7. The van der Waals surface area contributed by atoms with E-state index in [1.54, 1.807) is 31.4 Å². The van der Waals surface area contributed by atoms with Crippen LogP contribution in [0, 0.1) is 0 Å². The van der Waals surface area contributed by atoms with E-state index in [0.29, 0.717) is 16.5 Å². The van der Waals surface area contributed by atoms with Crippen molar-refractivity contribution in [2.24, 2.45) is 0 Å². The number of rotatable bonds is 6. The summed E-state index contributed by atoms with van der Waals surface area (Å²) >= 11 is 5.96. The molecule has 0 radical (unpaired) electrons. The van der Waals surface area contributed by atoms with E-state index in [1.807, 2.05) is 42.5 Å². The number of carboxylic acid groups (broad SMARTS) is 1. The molecule has 0 fully saturated rings. The van der Waals surface area contributed by atoms with Crippen molar-refractivity contribution in [3.63, 3.8) is 0 Å². The summed E-state index contributed by atoms with van der Waals surface area (Å²) in [6, 6.07) is 19.8. The lowest BCUT2D eigenvalue weighted by Crippen LogP contribution is -2.04. The van der Waals surface area contributed by atoms with Gasteiger partial charge in [-0.15, -0.1) is 0 Å². The number of halogens is 1. The summed E-state index contributed by atoms with van der Waals surface area (Å²) in [5.41, 5.74) is 2.61. The maximum Gasteiger partial charge on any atom is 0.339 e. The fourth-order valence-electron chi connectivity index (χ4n) is 2.59. The molecule has 0 aromatic heterocycles. The van der Waals surface area contributed by atoms with Crippen LogP contribution < -0.4 is 9.47 Å². The van der Waals surface area contributed by atoms with Gasteiger partial charge in [0.15, 0.2) is 0 Å². The summed E-state index contributed by atoms with van der Waals surface area (Å²) in [6.07, 6.45) is 0. The van der Waals surface area contributed by atoms with E-state index < -0.39 is 5.97 Å². The lowest BCUT2D eigenvalue weighted by molar-refractivity contribution is 0.0692. The molecule has 0 heterocycles. The van der Waals surface area contributed by atoms with E-state index in [1.165, 1.54) is 0 Å². The monoisotopic (exact) mass is 368 g/mol. The van der Waals surface area contributed by atoms with Crippen molar-refractivity contribution in [1.82, 2.24) is 0 Å². The molecule has 0 atom stereocenters. The topological polar surface area (TPSA) is 55.8 Å². The van der Waals surface area contributed by atoms with E-state index in [0.717, 1.165) is 16.7 Å². The Morgan fingerprint density at radius 3 is 2.50 bits per heavy atom. The first-order chi connectivity index (χ1) is 12.6. The smallest absolute Gasteiger partial charge is 0.339 e. The number of carboxylic acids is 1. The van der Waals surface area contributed by atoms with Crippen molar-refractivity contribution >= 4 is 17.6 Å². The third kappa shape index (κ3) is 4.16. The second-order valence-corrected chi connectivity index (χ2v) is 6.10. The summed E-state index contributed by atoms with van der Waals surface area (Å²) in [5, 5.41) is 10.2. The van der Waals surface area contributed by atoms with E-state index in [4.69, 9.17) is 21.1 Å². The Kier molecular flexibility index (Phi) is 5.44. The fourth-order valence-corrected chi connectivity index (χ4v) is 2.81. The predicted octanol–water partition coefficient (Wildman–Crippen LogP) is 5.29. The van der Waals surface area contributed by atoms with E-state index in [2.05, 4.69) is 0 Å². The molecular weight excluding hydrogens is 352 g/mol. The molecule has 0 saturated carbocycles. The van der Waals surface area contributed by atoms with Crippen LogP contribution in [0.5, 0.6) is 11.5 Å². The summed E-state index contributed by atoms with van der Waals surface area (Å²) in [4.78, 5) is 11.7. The minimum absolute atomic E-state index is 0.104. The van der Waals surface area contributed by atoms with Gasteiger partial charge in [-0.1, -0.05) is 41.9 Å². The Morgan fingerprint density at radius 2 is 1.77 bits per heavy atom. The van der Waals surface area contributed by atoms with Crippen molar-refractivity contribution in [3.05, 3.63) is 82.9 Å². The van der Waals surface area contributed by atoms with Gasteiger partial charge in [0.05, 0.1) is 7.11 Å². The van der Waals surface area contributed by atoms with Gasteiger partial charge in [-0.05, 0) is 53.1 Å². The van der Waals surface area contributed by atoms with Crippen LogP contribution in [0.3, 0.4) is 0 Å². The van der Waals surface area contributed by atoms with Crippen LogP contribution >= 0.6 is 11.6 Å². The highest BCUT2D eigenvalue weighted by atomic mass is 35.5. The number of carbonyl (C=O) groups is 1. The molecule has 26 heavy (non-hydrogen) atoms. The van der Waals surface area contributed by atoms with E-state index in [-0.39, 0.29) is 12.2 Å². The molecule has 0 aliphatic carbocycles. The summed E-state index contributed by atoms with van der Waals surface area (Å²) < 4.78 is 10.9. The van der Waals surface area contributed by atoms with Gasteiger partial charge < -0.3 is 14.6 Å². The lowest BCUT2D eigenvalue weighted by atomic mass is 10.0. The van der Waals surface area contributed by atoms with Crippen LogP contribution in [0.15, 0.2) is 66.7 Å². The van der Waals surface area contributed by atoms with Gasteiger partial charge in [-0.3, -0.25) is 0 Å². The Morgan fingerprint density at radius 1 is 1.00 bits per heavy atom. The number of hydrogen-bond donors (Lipinski definition) is 1. The number of ether oxygens (including phenoxy) is 2. The molecule has 3 aromatic carbocycles. The zero-order valence-electron chi connectivity index (χ0n) is 14.1. The molecule has 5 heteroatoms. The lowest BCUT2D eigenvalue weighted by Gasteiger charge is -2.12. The average Bonchev–Trinajstić information content (AvgIpc) is 2.66. The molecule has 1 N–H and O–H groups in total. The van der Waals surface area contributed by atoms with Crippen molar-refractivity contribution in [2.45, 2.75) is 6.61 Å². The second-order valence-electron chi connectivity index (χ2n) is 5.67. The molecule has 0 amide bonds. The van der Waals surface area contributed by atoms with Crippen LogP contribution in [0.1, 0.15) is 15.9 Å². The van der Waals surface area contributed by atoms with Crippen molar-refractivity contribution in [1.29, 1.82) is 0 Å². The molecule has 0 aliphatic heterocycles. The molecule has 0 unspecified atom stereocenters. The molecule has 3 aromatic rings. The molecule has 3 rings (SSSR count). The van der Waals surface area contributed by atoms with Gasteiger partial charge >= 0.3 is 5.97 Å². The SMILES string of the molecule is COc1cccc(-c2ccc(OCc3cccc(Cl)c3)c(C(=O)O)c2)c1. The number of hydrogen-bond acceptors (Lipinski definition) is 3. The van der Waals surface area contributed by atoms with Gasteiger partial charge in [-0.2, -0.15) is 0 Å². The van der Waals surface area contributed by atoms with Gasteiger partial charge in [0.25, 0.3) is 0 Å². The highest BCUT2D eigenvalue weighted by Gasteiger charge is 2.14. The van der Waals surface area contributed by atoms with Crippen LogP contribution in [-0.2, 0) is 6.61 Å². The van der Waals surface area contributed by atoms with Crippen LogP contribution in [0.4, 0.5) is 0 Å². The Labute approximate surface area is 156 Å². The van der Waals surface area contributed by atoms with Gasteiger partial charge in [0.1, 0.15) is 23.7 Å². The van der Waals surface area contributed by atoms with Crippen molar-refractivity contribution < 1.29 is 19.4 Å². The third-order valence-corrected chi connectivity index (χ3v) is 4.13.